The maximum absolute atomic E-state index is 11.8. The molecule has 1 heterocycles. The average molecular weight is 310 g/mol. The molecular weight excluding hydrogens is 292 g/mol. The number of aromatic nitrogens is 2. The molecule has 0 saturated heterocycles. The Kier molecular flexibility index (Phi) is 3.56. The van der Waals surface area contributed by atoms with Crippen LogP contribution in [0.4, 0.5) is 0 Å². The average Bonchev–Trinajstić information content (AvgIpc) is 2.94. The fourth-order valence-corrected chi connectivity index (χ4v) is 2.70. The molecule has 0 fully saturated rings. The summed E-state index contributed by atoms with van der Waals surface area (Å²) < 4.78 is 7.18. The lowest BCUT2D eigenvalue weighted by atomic mass is 10.0. The summed E-state index contributed by atoms with van der Waals surface area (Å²) in [4.78, 5) is 16.5. The van der Waals surface area contributed by atoms with Crippen molar-refractivity contribution in [1.29, 1.82) is 0 Å². The zero-order valence-corrected chi connectivity index (χ0v) is 13.3. The molecule has 2 aromatic carbocycles. The molecule has 5 nitrogen and oxygen atoms in total. The molecule has 0 saturated carbocycles. The second kappa shape index (κ2) is 5.43. The number of hydrogen-bond acceptors (Lipinski definition) is 3. The number of ether oxygens (including phenoxy) is 1. The van der Waals surface area contributed by atoms with Gasteiger partial charge in [0, 0.05) is 0 Å². The fraction of sp³-hybridized carbons (Fsp3) is 0.222. The number of rotatable bonds is 4. The molecule has 1 aromatic heterocycles. The van der Waals surface area contributed by atoms with Crippen LogP contribution in [0.3, 0.4) is 0 Å². The van der Waals surface area contributed by atoms with Crippen LogP contribution < -0.4 is 4.74 Å². The van der Waals surface area contributed by atoms with Gasteiger partial charge in [0.1, 0.15) is 17.1 Å². The van der Waals surface area contributed by atoms with Gasteiger partial charge in [0.25, 0.3) is 0 Å². The van der Waals surface area contributed by atoms with E-state index in [1.54, 1.807) is 25.5 Å². The van der Waals surface area contributed by atoms with Gasteiger partial charge in [0.15, 0.2) is 0 Å². The summed E-state index contributed by atoms with van der Waals surface area (Å²) in [5.41, 5.74) is 1.15. The predicted octanol–water partition coefficient (Wildman–Crippen LogP) is 3.53. The summed E-state index contributed by atoms with van der Waals surface area (Å²) in [5, 5.41) is 9.69. The Balaban J connectivity index is 2.40. The quantitative estimate of drug-likeness (QED) is 0.800. The molecule has 0 amide bonds. The minimum absolute atomic E-state index is 0.580. The van der Waals surface area contributed by atoms with Gasteiger partial charge in [-0.15, -0.1) is 0 Å². The number of carboxylic acid groups (broad SMARTS) is 1. The second-order valence-electron chi connectivity index (χ2n) is 5.82. The topological polar surface area (TPSA) is 64.4 Å². The van der Waals surface area contributed by atoms with E-state index in [1.165, 1.54) is 0 Å². The van der Waals surface area contributed by atoms with E-state index in [9.17, 15) is 9.90 Å². The van der Waals surface area contributed by atoms with Gasteiger partial charge >= 0.3 is 5.97 Å². The monoisotopic (exact) mass is 310 g/mol. The van der Waals surface area contributed by atoms with Crippen molar-refractivity contribution in [1.82, 2.24) is 9.55 Å². The van der Waals surface area contributed by atoms with Crippen LogP contribution in [-0.4, -0.2) is 27.7 Å². The molecule has 0 radical (unpaired) electrons. The highest BCUT2D eigenvalue weighted by Gasteiger charge is 2.34. The summed E-state index contributed by atoms with van der Waals surface area (Å²) in [6.07, 6.45) is 0. The zero-order chi connectivity index (χ0) is 16.6. The molecule has 0 unspecified atom stereocenters. The van der Waals surface area contributed by atoms with E-state index in [0.717, 1.165) is 16.6 Å². The van der Waals surface area contributed by atoms with Crippen molar-refractivity contribution < 1.29 is 14.6 Å². The van der Waals surface area contributed by atoms with Crippen molar-refractivity contribution in [2.24, 2.45) is 0 Å². The molecule has 0 aliphatic heterocycles. The van der Waals surface area contributed by atoms with Gasteiger partial charge in [-0.1, -0.05) is 24.3 Å². The first-order valence-corrected chi connectivity index (χ1v) is 7.31. The molecule has 3 aromatic rings. The third-order valence-corrected chi connectivity index (χ3v) is 3.99. The molecule has 5 heteroatoms. The number of nitrogens with zero attached hydrogens (tertiary/aromatic N) is 2. The Morgan fingerprint density at radius 2 is 1.78 bits per heavy atom. The third-order valence-electron chi connectivity index (χ3n) is 3.99. The second-order valence-corrected chi connectivity index (χ2v) is 5.82. The van der Waals surface area contributed by atoms with Crippen LogP contribution in [0.25, 0.3) is 22.4 Å². The van der Waals surface area contributed by atoms with E-state index in [2.05, 4.69) is 4.98 Å². The number of carboxylic acids is 1. The van der Waals surface area contributed by atoms with Gasteiger partial charge in [-0.05, 0) is 38.1 Å². The lowest BCUT2D eigenvalue weighted by Crippen LogP contribution is -2.36. The maximum Gasteiger partial charge on any atom is 0.329 e. The molecule has 0 atom stereocenters. The van der Waals surface area contributed by atoms with Crippen molar-refractivity contribution in [3.8, 4) is 17.1 Å². The van der Waals surface area contributed by atoms with Gasteiger partial charge in [0.2, 0.25) is 0 Å². The first-order valence-electron chi connectivity index (χ1n) is 7.31. The van der Waals surface area contributed by atoms with Gasteiger partial charge in [-0.3, -0.25) is 0 Å². The first kappa shape index (κ1) is 15.1. The van der Waals surface area contributed by atoms with E-state index in [1.807, 2.05) is 48.5 Å². The normalized spacial score (nSPS) is 11.6. The van der Waals surface area contributed by atoms with Crippen molar-refractivity contribution in [3.05, 3.63) is 48.5 Å². The lowest BCUT2D eigenvalue weighted by Gasteiger charge is -2.25. The predicted molar refractivity (Wildman–Crippen MR) is 88.7 cm³/mol. The molecule has 0 aliphatic carbocycles. The van der Waals surface area contributed by atoms with Crippen LogP contribution in [0.2, 0.25) is 0 Å². The molecule has 118 valence electrons. The SMILES string of the molecule is COc1ccccc1-c1nc2ccccc2n1C(C)(C)C(=O)O. The van der Waals surface area contributed by atoms with Gasteiger partial charge in [-0.2, -0.15) is 0 Å². The Bertz CT molecular complexity index is 881. The minimum atomic E-state index is -1.15. The number of hydrogen-bond donors (Lipinski definition) is 1. The first-order chi connectivity index (χ1) is 11.0. The van der Waals surface area contributed by atoms with E-state index < -0.39 is 11.5 Å². The van der Waals surface area contributed by atoms with Gasteiger partial charge in [0.05, 0.1) is 23.7 Å². The molecule has 0 spiro atoms. The van der Waals surface area contributed by atoms with E-state index >= 15 is 0 Å². The largest absolute Gasteiger partial charge is 0.496 e. The molecule has 0 aliphatic rings. The summed E-state index contributed by atoms with van der Waals surface area (Å²) in [7, 11) is 1.59. The zero-order valence-electron chi connectivity index (χ0n) is 13.3. The number of para-hydroxylation sites is 3. The van der Waals surface area contributed by atoms with Crippen LogP contribution >= 0.6 is 0 Å². The van der Waals surface area contributed by atoms with E-state index in [0.29, 0.717) is 11.6 Å². The number of benzene rings is 2. The molecule has 23 heavy (non-hydrogen) atoms. The van der Waals surface area contributed by atoms with Crippen molar-refractivity contribution >= 4 is 17.0 Å². The van der Waals surface area contributed by atoms with E-state index in [-0.39, 0.29) is 0 Å². The number of imidazole rings is 1. The summed E-state index contributed by atoms with van der Waals surface area (Å²) >= 11 is 0. The highest BCUT2D eigenvalue weighted by Crippen LogP contribution is 2.35. The van der Waals surface area contributed by atoms with Gasteiger partial charge in [-0.25, -0.2) is 9.78 Å². The number of aliphatic carboxylic acids is 1. The minimum Gasteiger partial charge on any atom is -0.496 e. The number of methoxy groups -OCH3 is 1. The van der Waals surface area contributed by atoms with Crippen LogP contribution in [0.1, 0.15) is 13.8 Å². The molecule has 1 N–H and O–H groups in total. The van der Waals surface area contributed by atoms with Crippen LogP contribution in [-0.2, 0) is 10.3 Å². The molecule has 0 bridgehead atoms. The fourth-order valence-electron chi connectivity index (χ4n) is 2.70. The highest BCUT2D eigenvalue weighted by atomic mass is 16.5. The summed E-state index contributed by atoms with van der Waals surface area (Å²) in [6.45, 7) is 3.34. The smallest absolute Gasteiger partial charge is 0.329 e. The van der Waals surface area contributed by atoms with Crippen molar-refractivity contribution in [3.63, 3.8) is 0 Å². The molecular formula is C18H18N2O3. The van der Waals surface area contributed by atoms with Crippen LogP contribution in [0, 0.1) is 0 Å². The van der Waals surface area contributed by atoms with Crippen LogP contribution in [0.15, 0.2) is 48.5 Å². The Hall–Kier alpha value is -2.82. The molecule has 3 rings (SSSR count). The van der Waals surface area contributed by atoms with Gasteiger partial charge < -0.3 is 14.4 Å². The lowest BCUT2D eigenvalue weighted by molar-refractivity contribution is -0.145. The van der Waals surface area contributed by atoms with Crippen molar-refractivity contribution in [2.45, 2.75) is 19.4 Å². The van der Waals surface area contributed by atoms with Crippen LogP contribution in [0.5, 0.6) is 5.75 Å². The maximum atomic E-state index is 11.8. The highest BCUT2D eigenvalue weighted by molar-refractivity contribution is 5.86. The third kappa shape index (κ3) is 2.34. The summed E-state index contributed by atoms with van der Waals surface area (Å²) in [6, 6.07) is 15.0. The Labute approximate surface area is 134 Å². The Morgan fingerprint density at radius 3 is 2.48 bits per heavy atom. The number of fused-ring (bicyclic) bond motifs is 1. The Morgan fingerprint density at radius 1 is 1.13 bits per heavy atom. The summed E-state index contributed by atoms with van der Waals surface area (Å²) in [5.74, 6) is 0.318. The number of carbonyl (C=O) groups is 1. The standard InChI is InChI=1S/C18H18N2O3/c1-18(2,17(21)22)20-14-10-6-5-9-13(14)19-16(20)12-8-4-7-11-15(12)23-3/h4-11H,1-3H3,(H,21,22). The van der Waals surface area contributed by atoms with Crippen molar-refractivity contribution in [2.75, 3.05) is 7.11 Å². The van der Waals surface area contributed by atoms with E-state index in [4.69, 9.17) is 4.74 Å².